The highest BCUT2D eigenvalue weighted by molar-refractivity contribution is 5.97. The van der Waals surface area contributed by atoms with Crippen LogP contribution in [0.4, 0.5) is 5.69 Å². The minimum absolute atomic E-state index is 0.140. The van der Waals surface area contributed by atoms with Crippen molar-refractivity contribution in [1.82, 2.24) is 4.90 Å². The van der Waals surface area contributed by atoms with Crippen LogP contribution in [0, 0.1) is 6.92 Å². The van der Waals surface area contributed by atoms with Crippen LogP contribution in [-0.2, 0) is 9.53 Å². The van der Waals surface area contributed by atoms with E-state index in [1.807, 2.05) is 6.92 Å². The molecule has 0 aliphatic rings. The van der Waals surface area contributed by atoms with Crippen LogP contribution in [0.1, 0.15) is 29.8 Å². The number of ether oxygens (including phenoxy) is 2. The second kappa shape index (κ2) is 6.97. The smallest absolute Gasteiger partial charge is 0.340 e. The summed E-state index contributed by atoms with van der Waals surface area (Å²) in [5, 5.41) is 0. The third-order valence-electron chi connectivity index (χ3n) is 2.70. The molecule has 21 heavy (non-hydrogen) atoms. The molecule has 0 aliphatic heterocycles. The van der Waals surface area contributed by atoms with Crippen LogP contribution in [0.2, 0.25) is 0 Å². The average Bonchev–Trinajstić information content (AvgIpc) is 2.37. The van der Waals surface area contributed by atoms with E-state index in [-0.39, 0.29) is 29.9 Å². The molecule has 0 atom stereocenters. The molecule has 1 rings (SSSR count). The Labute approximate surface area is 124 Å². The lowest BCUT2D eigenvalue weighted by Gasteiger charge is -2.16. The fraction of sp³-hybridized carbons (Fsp3) is 0.467. The summed E-state index contributed by atoms with van der Waals surface area (Å²) < 4.78 is 10.6. The number of nitrogens with two attached hydrogens (primary N) is 1. The lowest BCUT2D eigenvalue weighted by atomic mass is 10.1. The van der Waals surface area contributed by atoms with Crippen molar-refractivity contribution in [3.05, 3.63) is 23.3 Å². The summed E-state index contributed by atoms with van der Waals surface area (Å²) in [6.07, 6.45) is -0.239. The van der Waals surface area contributed by atoms with Crippen molar-refractivity contribution in [2.75, 3.05) is 26.4 Å². The Morgan fingerprint density at radius 2 is 1.90 bits per heavy atom. The number of benzene rings is 1. The molecule has 2 N–H and O–H groups in total. The maximum Gasteiger partial charge on any atom is 0.340 e. The molecule has 0 saturated carbocycles. The summed E-state index contributed by atoms with van der Waals surface area (Å²) in [6.45, 7) is 5.19. The highest BCUT2D eigenvalue weighted by atomic mass is 16.5. The molecule has 1 aromatic carbocycles. The SMILES string of the molecule is Cc1cc(OCC(=O)N(C)C)c(N)c(C(=O)OC(C)C)c1. The zero-order valence-electron chi connectivity index (χ0n) is 13.1. The van der Waals surface area contributed by atoms with Gasteiger partial charge in [-0.15, -0.1) is 0 Å². The van der Waals surface area contributed by atoms with Gasteiger partial charge in [0.15, 0.2) is 6.61 Å². The molecule has 0 aromatic heterocycles. The van der Waals surface area contributed by atoms with Gasteiger partial charge in [0.1, 0.15) is 5.75 Å². The topological polar surface area (TPSA) is 81.9 Å². The molecule has 0 spiro atoms. The second-order valence-electron chi connectivity index (χ2n) is 5.26. The van der Waals surface area contributed by atoms with Gasteiger partial charge in [0.2, 0.25) is 0 Å². The highest BCUT2D eigenvalue weighted by Gasteiger charge is 2.18. The molecular formula is C15H22N2O4. The van der Waals surface area contributed by atoms with Crippen LogP contribution >= 0.6 is 0 Å². The lowest BCUT2D eigenvalue weighted by Crippen LogP contribution is -2.27. The Hall–Kier alpha value is -2.24. The van der Waals surface area contributed by atoms with Crippen molar-refractivity contribution in [2.24, 2.45) is 0 Å². The number of hydrogen-bond acceptors (Lipinski definition) is 5. The summed E-state index contributed by atoms with van der Waals surface area (Å²) in [6, 6.07) is 3.32. The normalized spacial score (nSPS) is 10.4. The van der Waals surface area contributed by atoms with E-state index in [2.05, 4.69) is 0 Å². The van der Waals surface area contributed by atoms with E-state index in [1.54, 1.807) is 40.1 Å². The average molecular weight is 294 g/mol. The van der Waals surface area contributed by atoms with Crippen LogP contribution < -0.4 is 10.5 Å². The molecular weight excluding hydrogens is 272 g/mol. The van der Waals surface area contributed by atoms with E-state index in [0.717, 1.165) is 5.56 Å². The standard InChI is InChI=1S/C15H22N2O4/c1-9(2)21-15(19)11-6-10(3)7-12(14(11)16)20-8-13(18)17(4)5/h6-7,9H,8,16H2,1-5H3. The third-order valence-corrected chi connectivity index (χ3v) is 2.70. The fourth-order valence-electron chi connectivity index (χ4n) is 1.60. The minimum atomic E-state index is -0.505. The first kappa shape index (κ1) is 16.8. The summed E-state index contributed by atoms with van der Waals surface area (Å²) >= 11 is 0. The Bertz CT molecular complexity index is 539. The fourth-order valence-corrected chi connectivity index (χ4v) is 1.60. The van der Waals surface area contributed by atoms with Gasteiger partial charge >= 0.3 is 5.97 Å². The van der Waals surface area contributed by atoms with Gasteiger partial charge in [-0.1, -0.05) is 0 Å². The number of anilines is 1. The first-order valence-corrected chi connectivity index (χ1v) is 6.66. The first-order chi connectivity index (χ1) is 9.72. The van der Waals surface area contributed by atoms with Crippen LogP contribution in [0.15, 0.2) is 12.1 Å². The van der Waals surface area contributed by atoms with E-state index in [4.69, 9.17) is 15.2 Å². The van der Waals surface area contributed by atoms with Crippen molar-refractivity contribution >= 4 is 17.6 Å². The van der Waals surface area contributed by atoms with E-state index >= 15 is 0 Å². The summed E-state index contributed by atoms with van der Waals surface area (Å²) in [5.41, 5.74) is 7.16. The van der Waals surface area contributed by atoms with Gasteiger partial charge in [0.05, 0.1) is 17.4 Å². The predicted molar refractivity (Wildman–Crippen MR) is 80.3 cm³/mol. The number of likely N-dealkylation sites (N-methyl/N-ethyl adjacent to an activating group) is 1. The van der Waals surface area contributed by atoms with Gasteiger partial charge in [0.25, 0.3) is 5.91 Å². The number of amides is 1. The lowest BCUT2D eigenvalue weighted by molar-refractivity contribution is -0.130. The van der Waals surface area contributed by atoms with Gasteiger partial charge in [-0.3, -0.25) is 4.79 Å². The van der Waals surface area contributed by atoms with Crippen molar-refractivity contribution < 1.29 is 19.1 Å². The molecule has 6 heteroatoms. The number of carbonyl (C=O) groups excluding carboxylic acids is 2. The molecule has 1 amide bonds. The van der Waals surface area contributed by atoms with Crippen molar-refractivity contribution in [3.8, 4) is 5.75 Å². The van der Waals surface area contributed by atoms with Crippen LogP contribution in [0.25, 0.3) is 0 Å². The number of nitrogen functional groups attached to an aromatic ring is 1. The van der Waals surface area contributed by atoms with Gasteiger partial charge in [0, 0.05) is 14.1 Å². The van der Waals surface area contributed by atoms with E-state index < -0.39 is 5.97 Å². The molecule has 0 radical (unpaired) electrons. The van der Waals surface area contributed by atoms with E-state index in [0.29, 0.717) is 5.75 Å². The Morgan fingerprint density at radius 3 is 2.43 bits per heavy atom. The Morgan fingerprint density at radius 1 is 1.29 bits per heavy atom. The number of esters is 1. The first-order valence-electron chi connectivity index (χ1n) is 6.66. The van der Waals surface area contributed by atoms with Gasteiger partial charge in [-0.25, -0.2) is 4.79 Å². The second-order valence-corrected chi connectivity index (χ2v) is 5.26. The summed E-state index contributed by atoms with van der Waals surface area (Å²) in [7, 11) is 3.27. The van der Waals surface area contributed by atoms with Crippen molar-refractivity contribution in [3.63, 3.8) is 0 Å². The van der Waals surface area contributed by atoms with E-state index in [1.165, 1.54) is 4.90 Å². The number of nitrogens with zero attached hydrogens (tertiary/aromatic N) is 1. The van der Waals surface area contributed by atoms with Crippen LogP contribution in [-0.4, -0.2) is 43.6 Å². The third kappa shape index (κ3) is 4.66. The number of carbonyl (C=O) groups is 2. The van der Waals surface area contributed by atoms with E-state index in [9.17, 15) is 9.59 Å². The number of hydrogen-bond donors (Lipinski definition) is 1. The highest BCUT2D eigenvalue weighted by Crippen LogP contribution is 2.28. The predicted octanol–water partition coefficient (Wildman–Crippen LogP) is 1.61. The molecule has 0 saturated heterocycles. The van der Waals surface area contributed by atoms with Gasteiger partial charge in [-0.2, -0.15) is 0 Å². The zero-order valence-corrected chi connectivity index (χ0v) is 13.1. The number of rotatable bonds is 5. The monoisotopic (exact) mass is 294 g/mol. The Balaban J connectivity index is 2.98. The summed E-state index contributed by atoms with van der Waals surface area (Å²) in [5.74, 6) is -0.391. The maximum absolute atomic E-state index is 12.0. The zero-order chi connectivity index (χ0) is 16.2. The largest absolute Gasteiger partial charge is 0.482 e. The van der Waals surface area contributed by atoms with Crippen LogP contribution in [0.3, 0.4) is 0 Å². The molecule has 6 nitrogen and oxygen atoms in total. The molecule has 116 valence electrons. The van der Waals surface area contributed by atoms with Crippen molar-refractivity contribution in [1.29, 1.82) is 0 Å². The molecule has 1 aromatic rings. The quantitative estimate of drug-likeness (QED) is 0.659. The molecule has 0 fully saturated rings. The summed E-state index contributed by atoms with van der Waals surface area (Å²) in [4.78, 5) is 25.0. The Kier molecular flexibility index (Phi) is 5.58. The number of aryl methyl sites for hydroxylation is 1. The molecule has 0 unspecified atom stereocenters. The van der Waals surface area contributed by atoms with Crippen molar-refractivity contribution in [2.45, 2.75) is 26.9 Å². The van der Waals surface area contributed by atoms with Crippen LogP contribution in [0.5, 0.6) is 5.75 Å². The van der Waals surface area contributed by atoms with Gasteiger partial charge in [-0.05, 0) is 38.5 Å². The maximum atomic E-state index is 12.0. The van der Waals surface area contributed by atoms with Gasteiger partial charge < -0.3 is 20.1 Å². The molecule has 0 aliphatic carbocycles. The minimum Gasteiger partial charge on any atom is -0.482 e. The molecule has 0 heterocycles. The molecule has 0 bridgehead atoms.